The minimum absolute atomic E-state index is 0.269. The van der Waals surface area contributed by atoms with Gasteiger partial charge in [-0.3, -0.25) is 9.58 Å². The first-order valence-electron chi connectivity index (χ1n) is 10.1. The van der Waals surface area contributed by atoms with E-state index in [4.69, 9.17) is 35.4 Å². The summed E-state index contributed by atoms with van der Waals surface area (Å²) in [5, 5.41) is 9.60. The minimum atomic E-state index is -0.269. The summed E-state index contributed by atoms with van der Waals surface area (Å²) in [6.07, 6.45) is 1.89. The van der Waals surface area contributed by atoms with Crippen LogP contribution in [0.4, 0.5) is 10.2 Å². The average Bonchev–Trinajstić information content (AvgIpc) is 3.11. The van der Waals surface area contributed by atoms with Crippen LogP contribution in [-0.4, -0.2) is 50.9 Å². The number of aromatic nitrogens is 2. The third-order valence-corrected chi connectivity index (χ3v) is 7.00. The maximum atomic E-state index is 14.1. The molecule has 1 aromatic heterocycles. The first-order valence-corrected chi connectivity index (χ1v) is 12.0. The van der Waals surface area contributed by atoms with E-state index in [0.717, 1.165) is 36.2 Å². The fraction of sp³-hybridized carbons (Fsp3) is 0.273. The smallest absolute Gasteiger partial charge is 0.174 e. The fourth-order valence-electron chi connectivity index (χ4n) is 3.56. The molecule has 2 aromatic carbocycles. The van der Waals surface area contributed by atoms with Gasteiger partial charge >= 0.3 is 0 Å². The topological polar surface area (TPSA) is 36.3 Å². The van der Waals surface area contributed by atoms with E-state index < -0.39 is 0 Å². The molecule has 1 aliphatic rings. The van der Waals surface area contributed by atoms with Gasteiger partial charge in [-0.25, -0.2) is 4.39 Å². The molecular weight excluding hydrogens is 536 g/mol. The first kappa shape index (κ1) is 23.4. The predicted molar refractivity (Wildman–Crippen MR) is 135 cm³/mol. The van der Waals surface area contributed by atoms with Gasteiger partial charge in [0.15, 0.2) is 10.9 Å². The van der Waals surface area contributed by atoms with Gasteiger partial charge in [-0.1, -0.05) is 47.5 Å². The zero-order valence-electron chi connectivity index (χ0n) is 17.1. The van der Waals surface area contributed by atoms with Crippen LogP contribution in [0.15, 0.2) is 53.1 Å². The van der Waals surface area contributed by atoms with Gasteiger partial charge in [0.05, 0.1) is 11.0 Å². The van der Waals surface area contributed by atoms with E-state index in [9.17, 15) is 4.39 Å². The Kier molecular flexibility index (Phi) is 7.68. The first-order chi connectivity index (χ1) is 15.4. The molecule has 0 spiro atoms. The molecule has 2 heterocycles. The van der Waals surface area contributed by atoms with E-state index in [-0.39, 0.29) is 5.82 Å². The van der Waals surface area contributed by atoms with Gasteiger partial charge in [0.25, 0.3) is 0 Å². The second-order valence-electron chi connectivity index (χ2n) is 7.51. The summed E-state index contributed by atoms with van der Waals surface area (Å²) in [5.74, 6) is 0.386. The molecule has 10 heteroatoms. The average molecular weight is 557 g/mol. The number of anilines is 1. The zero-order valence-corrected chi connectivity index (χ0v) is 21.0. The third-order valence-electron chi connectivity index (χ3n) is 5.34. The number of thiocarbonyl (C=S) groups is 1. The van der Waals surface area contributed by atoms with Crippen LogP contribution < -0.4 is 5.32 Å². The van der Waals surface area contributed by atoms with Crippen LogP contribution >= 0.6 is 51.3 Å². The van der Waals surface area contributed by atoms with Crippen LogP contribution in [0, 0.1) is 5.82 Å². The Hall–Kier alpha value is -1.71. The van der Waals surface area contributed by atoms with Gasteiger partial charge in [0.2, 0.25) is 0 Å². The lowest BCUT2D eigenvalue weighted by atomic mass is 10.2. The van der Waals surface area contributed by atoms with Gasteiger partial charge < -0.3 is 10.2 Å². The number of benzene rings is 2. The Morgan fingerprint density at radius 2 is 1.75 bits per heavy atom. The minimum Gasteiger partial charge on any atom is -0.346 e. The molecule has 32 heavy (non-hydrogen) atoms. The van der Waals surface area contributed by atoms with Crippen molar-refractivity contribution in [3.63, 3.8) is 0 Å². The summed E-state index contributed by atoms with van der Waals surface area (Å²) in [5.41, 5.74) is 1.53. The molecule has 0 atom stereocenters. The summed E-state index contributed by atoms with van der Waals surface area (Å²) in [6, 6.07) is 12.5. The van der Waals surface area contributed by atoms with Crippen molar-refractivity contribution in [2.45, 2.75) is 13.1 Å². The van der Waals surface area contributed by atoms with Crippen LogP contribution in [0.25, 0.3) is 0 Å². The normalized spacial score (nSPS) is 14.6. The van der Waals surface area contributed by atoms with E-state index in [0.29, 0.717) is 39.6 Å². The summed E-state index contributed by atoms with van der Waals surface area (Å²) in [4.78, 5) is 4.27. The monoisotopic (exact) mass is 555 g/mol. The standard InChI is InChI=1S/C22H21BrCl2FN5S/c23-17-14-31(12-15-4-1-2-5-18(15)24)28-21(17)27-22(32)30-10-8-29(9-11-30)13-16-19(25)6-3-7-20(16)26/h1-7,14H,8-13H2,(H,27,28,32). The van der Waals surface area contributed by atoms with E-state index in [1.165, 1.54) is 6.07 Å². The van der Waals surface area contributed by atoms with Crippen LogP contribution in [0.3, 0.4) is 0 Å². The molecule has 0 bridgehead atoms. The highest BCUT2D eigenvalue weighted by Gasteiger charge is 2.22. The second kappa shape index (κ2) is 10.5. The molecule has 5 nitrogen and oxygen atoms in total. The van der Waals surface area contributed by atoms with E-state index in [1.807, 2.05) is 35.1 Å². The molecular formula is C22H21BrCl2FN5S. The summed E-state index contributed by atoms with van der Waals surface area (Å²) in [7, 11) is 0. The number of hydrogen-bond acceptors (Lipinski definition) is 3. The second-order valence-corrected chi connectivity index (χ2v) is 9.56. The molecule has 168 valence electrons. The lowest BCUT2D eigenvalue weighted by molar-refractivity contribution is 0.175. The molecule has 0 unspecified atom stereocenters. The Morgan fingerprint density at radius 1 is 1.03 bits per heavy atom. The van der Waals surface area contributed by atoms with Crippen molar-refractivity contribution in [1.82, 2.24) is 19.6 Å². The van der Waals surface area contributed by atoms with Gasteiger partial charge in [0.1, 0.15) is 5.82 Å². The Morgan fingerprint density at radius 3 is 2.47 bits per heavy atom. The van der Waals surface area contributed by atoms with Crippen LogP contribution in [-0.2, 0) is 13.1 Å². The van der Waals surface area contributed by atoms with Crippen molar-refractivity contribution in [3.05, 3.63) is 80.1 Å². The maximum absolute atomic E-state index is 14.1. The number of halogens is 4. The number of nitrogens with zero attached hydrogens (tertiary/aromatic N) is 4. The highest BCUT2D eigenvalue weighted by molar-refractivity contribution is 9.10. The van der Waals surface area contributed by atoms with Crippen molar-refractivity contribution in [3.8, 4) is 0 Å². The molecule has 1 saturated heterocycles. The third kappa shape index (κ3) is 5.61. The molecule has 1 N–H and O–H groups in total. The predicted octanol–water partition coefficient (Wildman–Crippen LogP) is 5.65. The van der Waals surface area contributed by atoms with Crippen LogP contribution in [0.2, 0.25) is 10.0 Å². The van der Waals surface area contributed by atoms with E-state index in [1.54, 1.807) is 12.1 Å². The van der Waals surface area contributed by atoms with Crippen molar-refractivity contribution in [1.29, 1.82) is 0 Å². The Bertz CT molecular complexity index is 1100. The Balaban J connectivity index is 1.32. The molecule has 0 saturated carbocycles. The maximum Gasteiger partial charge on any atom is 0.174 e. The van der Waals surface area contributed by atoms with Crippen molar-refractivity contribution >= 4 is 62.3 Å². The molecule has 1 fully saturated rings. The molecule has 1 aliphatic heterocycles. The van der Waals surface area contributed by atoms with Gasteiger partial charge in [0, 0.05) is 54.5 Å². The van der Waals surface area contributed by atoms with Gasteiger partial charge in [-0.05, 0) is 51.9 Å². The SMILES string of the molecule is Fc1cccc(Cl)c1CN1CCN(C(=S)Nc2nn(Cc3ccccc3Cl)cc2Br)CC1. The highest BCUT2D eigenvalue weighted by atomic mass is 79.9. The molecule has 0 amide bonds. The van der Waals surface area contributed by atoms with Crippen molar-refractivity contribution in [2.75, 3.05) is 31.5 Å². The summed E-state index contributed by atoms with van der Waals surface area (Å²) < 4.78 is 16.7. The number of hydrogen-bond donors (Lipinski definition) is 1. The van der Waals surface area contributed by atoms with Crippen LogP contribution in [0.5, 0.6) is 0 Å². The zero-order chi connectivity index (χ0) is 22.7. The Labute approximate surface area is 210 Å². The number of nitrogens with one attached hydrogen (secondary N) is 1. The summed E-state index contributed by atoms with van der Waals surface area (Å²) in [6.45, 7) is 4.02. The number of piperazine rings is 1. The van der Waals surface area contributed by atoms with E-state index in [2.05, 4.69) is 36.1 Å². The number of rotatable bonds is 5. The molecule has 4 rings (SSSR count). The fourth-order valence-corrected chi connectivity index (χ4v) is 4.67. The molecule has 0 radical (unpaired) electrons. The lowest BCUT2D eigenvalue weighted by Crippen LogP contribution is -2.49. The molecule has 3 aromatic rings. The van der Waals surface area contributed by atoms with Crippen molar-refractivity contribution < 1.29 is 4.39 Å². The van der Waals surface area contributed by atoms with Gasteiger partial charge in [-0.15, -0.1) is 0 Å². The summed E-state index contributed by atoms with van der Waals surface area (Å²) >= 11 is 21.6. The highest BCUT2D eigenvalue weighted by Crippen LogP contribution is 2.24. The van der Waals surface area contributed by atoms with Crippen LogP contribution in [0.1, 0.15) is 11.1 Å². The van der Waals surface area contributed by atoms with Gasteiger partial charge in [-0.2, -0.15) is 5.10 Å². The largest absolute Gasteiger partial charge is 0.346 e. The quantitative estimate of drug-likeness (QED) is 0.411. The molecule has 0 aliphatic carbocycles. The van der Waals surface area contributed by atoms with Crippen molar-refractivity contribution in [2.24, 2.45) is 0 Å². The van der Waals surface area contributed by atoms with E-state index >= 15 is 0 Å². The lowest BCUT2D eigenvalue weighted by Gasteiger charge is -2.36.